The second-order valence-electron chi connectivity index (χ2n) is 4.44. The molecule has 2 heterocycles. The Morgan fingerprint density at radius 3 is 3.11 bits per heavy atom. The average Bonchev–Trinajstić information content (AvgIpc) is 2.79. The molecule has 2 rings (SSSR count). The van der Waals surface area contributed by atoms with Crippen LogP contribution in [0.2, 0.25) is 0 Å². The summed E-state index contributed by atoms with van der Waals surface area (Å²) in [6, 6.07) is 5.30. The maximum absolute atomic E-state index is 12.0. The van der Waals surface area contributed by atoms with Crippen LogP contribution in [0.5, 0.6) is 0 Å². The van der Waals surface area contributed by atoms with E-state index >= 15 is 0 Å². The molecule has 6 heteroatoms. The Balaban J connectivity index is 1.89. The Morgan fingerprint density at radius 1 is 1.58 bits per heavy atom. The van der Waals surface area contributed by atoms with Gasteiger partial charge in [0, 0.05) is 32.8 Å². The van der Waals surface area contributed by atoms with Crippen molar-refractivity contribution in [3.63, 3.8) is 0 Å². The van der Waals surface area contributed by atoms with E-state index in [1.165, 1.54) is 0 Å². The predicted molar refractivity (Wildman–Crippen MR) is 69.4 cm³/mol. The molecule has 0 aliphatic carbocycles. The van der Waals surface area contributed by atoms with Gasteiger partial charge in [-0.05, 0) is 12.1 Å². The molecule has 0 radical (unpaired) electrons. The van der Waals surface area contributed by atoms with Gasteiger partial charge in [0.05, 0.1) is 12.5 Å². The number of amides is 2. The number of nitrogens with zero attached hydrogens (tertiary/aromatic N) is 2. The van der Waals surface area contributed by atoms with Crippen molar-refractivity contribution in [2.45, 2.75) is 6.42 Å². The minimum atomic E-state index is -0.314. The molecular formula is C13H17N3O3. The Hall–Kier alpha value is -1.95. The highest BCUT2D eigenvalue weighted by Crippen LogP contribution is 2.19. The molecule has 2 amide bonds. The number of aromatic nitrogens is 1. The van der Waals surface area contributed by atoms with E-state index in [0.717, 1.165) is 0 Å². The molecule has 1 aliphatic rings. The summed E-state index contributed by atoms with van der Waals surface area (Å²) in [4.78, 5) is 29.4. The van der Waals surface area contributed by atoms with Crippen molar-refractivity contribution in [3.05, 3.63) is 24.4 Å². The Morgan fingerprint density at radius 2 is 2.42 bits per heavy atom. The fourth-order valence-electron chi connectivity index (χ4n) is 2.03. The number of methoxy groups -OCH3 is 1. The largest absolute Gasteiger partial charge is 0.383 e. The number of likely N-dealkylation sites (tertiary alicyclic amines) is 1. The lowest BCUT2D eigenvalue weighted by molar-refractivity contribution is -0.128. The highest BCUT2D eigenvalue weighted by Gasteiger charge is 2.34. The second-order valence-corrected chi connectivity index (χ2v) is 4.44. The van der Waals surface area contributed by atoms with Gasteiger partial charge in [0.25, 0.3) is 0 Å². The maximum atomic E-state index is 12.0. The summed E-state index contributed by atoms with van der Waals surface area (Å²) in [5, 5.41) is 2.72. The van der Waals surface area contributed by atoms with Crippen LogP contribution in [-0.4, -0.2) is 48.5 Å². The smallest absolute Gasteiger partial charge is 0.230 e. The lowest BCUT2D eigenvalue weighted by Crippen LogP contribution is -2.30. The molecule has 1 N–H and O–H groups in total. The third-order valence-corrected chi connectivity index (χ3v) is 3.07. The third kappa shape index (κ3) is 3.51. The molecule has 1 saturated heterocycles. The molecule has 0 saturated carbocycles. The zero-order chi connectivity index (χ0) is 13.7. The van der Waals surface area contributed by atoms with Crippen LogP contribution in [0.25, 0.3) is 0 Å². The zero-order valence-corrected chi connectivity index (χ0v) is 10.8. The van der Waals surface area contributed by atoms with Gasteiger partial charge in [-0.1, -0.05) is 6.07 Å². The van der Waals surface area contributed by atoms with Crippen molar-refractivity contribution in [2.24, 2.45) is 5.92 Å². The molecule has 1 aromatic heterocycles. The predicted octanol–water partition coefficient (Wildman–Crippen LogP) is 0.515. The van der Waals surface area contributed by atoms with E-state index in [0.29, 0.717) is 25.5 Å². The van der Waals surface area contributed by atoms with Crippen molar-refractivity contribution in [1.82, 2.24) is 9.88 Å². The van der Waals surface area contributed by atoms with Crippen LogP contribution in [0.15, 0.2) is 24.4 Å². The van der Waals surface area contributed by atoms with Crippen molar-refractivity contribution < 1.29 is 14.3 Å². The maximum Gasteiger partial charge on any atom is 0.230 e. The summed E-state index contributed by atoms with van der Waals surface area (Å²) < 4.78 is 4.94. The number of pyridine rings is 1. The van der Waals surface area contributed by atoms with Gasteiger partial charge in [0.15, 0.2) is 0 Å². The quantitative estimate of drug-likeness (QED) is 0.840. The van der Waals surface area contributed by atoms with Gasteiger partial charge >= 0.3 is 0 Å². The number of carbonyl (C=O) groups excluding carboxylic acids is 2. The topological polar surface area (TPSA) is 71.5 Å². The van der Waals surface area contributed by atoms with Crippen LogP contribution < -0.4 is 5.32 Å². The van der Waals surface area contributed by atoms with Crippen molar-refractivity contribution in [3.8, 4) is 0 Å². The van der Waals surface area contributed by atoms with Crippen LogP contribution in [-0.2, 0) is 14.3 Å². The van der Waals surface area contributed by atoms with Crippen molar-refractivity contribution in [1.29, 1.82) is 0 Å². The van der Waals surface area contributed by atoms with Crippen molar-refractivity contribution >= 4 is 17.6 Å². The first-order valence-electron chi connectivity index (χ1n) is 6.19. The van der Waals surface area contributed by atoms with Crippen LogP contribution in [0.1, 0.15) is 6.42 Å². The first kappa shape index (κ1) is 13.5. The minimum Gasteiger partial charge on any atom is -0.383 e. The number of hydrogen-bond acceptors (Lipinski definition) is 4. The normalized spacial score (nSPS) is 18.7. The van der Waals surface area contributed by atoms with E-state index in [1.807, 2.05) is 0 Å². The standard InChI is InChI=1S/C13H17N3O3/c1-19-7-6-16-9-10(8-12(16)17)13(18)15-11-4-2-3-5-14-11/h2-5,10H,6-9H2,1H3,(H,14,15,18)/t10-/m1/s1. The lowest BCUT2D eigenvalue weighted by atomic mass is 10.1. The Bertz CT molecular complexity index is 450. The molecule has 1 aromatic rings. The fourth-order valence-corrected chi connectivity index (χ4v) is 2.03. The van der Waals surface area contributed by atoms with Crippen LogP contribution in [0.4, 0.5) is 5.82 Å². The molecule has 1 atom stereocenters. The molecule has 6 nitrogen and oxygen atoms in total. The molecule has 1 aliphatic heterocycles. The second kappa shape index (κ2) is 6.29. The third-order valence-electron chi connectivity index (χ3n) is 3.07. The fraction of sp³-hybridized carbons (Fsp3) is 0.462. The molecule has 0 unspecified atom stereocenters. The van der Waals surface area contributed by atoms with E-state index in [4.69, 9.17) is 4.74 Å². The number of anilines is 1. The molecule has 0 bridgehead atoms. The molecule has 0 spiro atoms. The Labute approximate surface area is 111 Å². The summed E-state index contributed by atoms with van der Waals surface area (Å²) >= 11 is 0. The zero-order valence-electron chi connectivity index (χ0n) is 10.8. The summed E-state index contributed by atoms with van der Waals surface area (Å²) in [6.07, 6.45) is 1.86. The number of ether oxygens (including phenoxy) is 1. The van der Waals surface area contributed by atoms with Gasteiger partial charge in [-0.25, -0.2) is 4.98 Å². The number of nitrogens with one attached hydrogen (secondary N) is 1. The van der Waals surface area contributed by atoms with Crippen LogP contribution >= 0.6 is 0 Å². The number of hydrogen-bond donors (Lipinski definition) is 1. The van der Waals surface area contributed by atoms with Gasteiger partial charge < -0.3 is 15.0 Å². The molecule has 19 heavy (non-hydrogen) atoms. The van der Waals surface area contributed by atoms with Crippen molar-refractivity contribution in [2.75, 3.05) is 32.1 Å². The monoisotopic (exact) mass is 263 g/mol. The number of carbonyl (C=O) groups is 2. The van der Waals surface area contributed by atoms with Gasteiger partial charge in [-0.2, -0.15) is 0 Å². The highest BCUT2D eigenvalue weighted by atomic mass is 16.5. The van der Waals surface area contributed by atoms with Gasteiger partial charge in [-0.3, -0.25) is 9.59 Å². The molecule has 1 fully saturated rings. The minimum absolute atomic E-state index is 0.00165. The van der Waals surface area contributed by atoms with E-state index in [1.54, 1.807) is 36.4 Å². The molecule has 102 valence electrons. The number of rotatable bonds is 5. The molecule has 0 aromatic carbocycles. The lowest BCUT2D eigenvalue weighted by Gasteiger charge is -2.15. The summed E-state index contributed by atoms with van der Waals surface area (Å²) in [5.74, 6) is 0.0341. The summed E-state index contributed by atoms with van der Waals surface area (Å²) in [5.41, 5.74) is 0. The SMILES string of the molecule is COCCN1C[C@H](C(=O)Nc2ccccn2)CC1=O. The average molecular weight is 263 g/mol. The van der Waals surface area contributed by atoms with E-state index in [9.17, 15) is 9.59 Å². The van der Waals surface area contributed by atoms with Crippen LogP contribution in [0, 0.1) is 5.92 Å². The van der Waals surface area contributed by atoms with E-state index in [2.05, 4.69) is 10.3 Å². The summed E-state index contributed by atoms with van der Waals surface area (Å²) in [7, 11) is 1.59. The van der Waals surface area contributed by atoms with Crippen LogP contribution in [0.3, 0.4) is 0 Å². The van der Waals surface area contributed by atoms with Gasteiger partial charge in [-0.15, -0.1) is 0 Å². The molecular weight excluding hydrogens is 246 g/mol. The first-order chi connectivity index (χ1) is 9.20. The van der Waals surface area contributed by atoms with E-state index in [-0.39, 0.29) is 24.2 Å². The Kier molecular flexibility index (Phi) is 4.46. The van der Waals surface area contributed by atoms with Gasteiger partial charge in [0.1, 0.15) is 5.82 Å². The highest BCUT2D eigenvalue weighted by molar-refractivity contribution is 5.96. The van der Waals surface area contributed by atoms with Gasteiger partial charge in [0.2, 0.25) is 11.8 Å². The summed E-state index contributed by atoms with van der Waals surface area (Å²) in [6.45, 7) is 1.46. The van der Waals surface area contributed by atoms with E-state index < -0.39 is 0 Å². The first-order valence-corrected chi connectivity index (χ1v) is 6.19.